The van der Waals surface area contributed by atoms with Gasteiger partial charge in [0.25, 0.3) is 0 Å². The summed E-state index contributed by atoms with van der Waals surface area (Å²) >= 11 is 0. The fourth-order valence-electron chi connectivity index (χ4n) is 1.71. The summed E-state index contributed by atoms with van der Waals surface area (Å²) < 4.78 is 0. The van der Waals surface area contributed by atoms with Gasteiger partial charge in [0.1, 0.15) is 0 Å². The van der Waals surface area contributed by atoms with Crippen molar-refractivity contribution in [3.8, 4) is 0 Å². The van der Waals surface area contributed by atoms with Crippen LogP contribution in [0.4, 0.5) is 5.69 Å². The summed E-state index contributed by atoms with van der Waals surface area (Å²) in [6.07, 6.45) is 4.03. The molecule has 0 aliphatic carbocycles. The maximum atomic E-state index is 4.00. The molecule has 0 fully saturated rings. The molecular weight excluding hydrogens is 218 g/mol. The molecule has 1 heteroatoms. The molecule has 18 heavy (non-hydrogen) atoms. The van der Waals surface area contributed by atoms with Gasteiger partial charge in [-0.1, -0.05) is 55.1 Å². The van der Waals surface area contributed by atoms with Crippen LogP contribution < -0.4 is 5.32 Å². The van der Waals surface area contributed by atoms with Gasteiger partial charge in [-0.15, -0.1) is 0 Å². The highest BCUT2D eigenvalue weighted by Gasteiger charge is 1.92. The molecule has 0 aliphatic heterocycles. The third-order valence-corrected chi connectivity index (χ3v) is 2.60. The number of rotatable bonds is 4. The van der Waals surface area contributed by atoms with Gasteiger partial charge in [0.05, 0.1) is 0 Å². The quantitative estimate of drug-likeness (QED) is 0.761. The highest BCUT2D eigenvalue weighted by atomic mass is 14.9. The Kier molecular flexibility index (Phi) is 3.98. The number of hydrogen-bond acceptors (Lipinski definition) is 1. The topological polar surface area (TPSA) is 12.0 Å². The van der Waals surface area contributed by atoms with E-state index in [-0.39, 0.29) is 0 Å². The molecule has 90 valence electrons. The van der Waals surface area contributed by atoms with Gasteiger partial charge >= 0.3 is 0 Å². The fraction of sp³-hybridized carbons (Fsp3) is 0.0588. The Hall–Kier alpha value is -2.28. The number of nitrogens with one attached hydrogen (secondary N) is 1. The maximum absolute atomic E-state index is 4.00. The van der Waals surface area contributed by atoms with Gasteiger partial charge in [0, 0.05) is 11.4 Å². The Morgan fingerprint density at radius 2 is 1.83 bits per heavy atom. The molecule has 1 N–H and O–H groups in total. The van der Waals surface area contributed by atoms with E-state index in [0.29, 0.717) is 0 Å². The number of hydrogen-bond donors (Lipinski definition) is 1. The molecule has 0 aliphatic rings. The number of anilines is 1. The van der Waals surface area contributed by atoms with Gasteiger partial charge in [-0.05, 0) is 36.3 Å². The molecule has 0 radical (unpaired) electrons. The van der Waals surface area contributed by atoms with Crippen molar-refractivity contribution in [2.75, 3.05) is 5.32 Å². The molecule has 2 aromatic carbocycles. The molecule has 2 rings (SSSR count). The average molecular weight is 235 g/mol. The summed E-state index contributed by atoms with van der Waals surface area (Å²) in [6, 6.07) is 18.4. The number of aryl methyl sites for hydroxylation is 1. The minimum absolute atomic E-state index is 0.879. The third kappa shape index (κ3) is 3.63. The Bertz CT molecular complexity index is 553. The molecule has 0 heterocycles. The lowest BCUT2D eigenvalue weighted by atomic mass is 10.2. The fourth-order valence-corrected chi connectivity index (χ4v) is 1.71. The second-order valence-electron chi connectivity index (χ2n) is 4.26. The predicted octanol–water partition coefficient (Wildman–Crippen LogP) is 4.63. The Labute approximate surface area is 108 Å². The van der Waals surface area contributed by atoms with Gasteiger partial charge < -0.3 is 5.32 Å². The Morgan fingerprint density at radius 3 is 2.56 bits per heavy atom. The van der Waals surface area contributed by atoms with Crippen LogP contribution in [0.3, 0.4) is 0 Å². The SMILES string of the molecule is C=C(/C=C/c1ccccc1)Nc1cccc(C)c1. The Balaban J connectivity index is 1.99. The molecule has 0 amide bonds. The van der Waals surface area contributed by atoms with Gasteiger partial charge in [0.2, 0.25) is 0 Å². The minimum atomic E-state index is 0.879. The lowest BCUT2D eigenvalue weighted by Crippen LogP contribution is -1.94. The molecule has 2 aromatic rings. The normalized spacial score (nSPS) is 10.5. The van der Waals surface area contributed by atoms with Crippen LogP contribution in [-0.4, -0.2) is 0 Å². The first kappa shape index (κ1) is 12.2. The van der Waals surface area contributed by atoms with Gasteiger partial charge in [-0.2, -0.15) is 0 Å². The van der Waals surface area contributed by atoms with Crippen LogP contribution in [0.2, 0.25) is 0 Å². The van der Waals surface area contributed by atoms with Crippen LogP contribution in [0, 0.1) is 6.92 Å². The van der Waals surface area contributed by atoms with Crippen LogP contribution in [-0.2, 0) is 0 Å². The highest BCUT2D eigenvalue weighted by Crippen LogP contribution is 2.12. The van der Waals surface area contributed by atoms with E-state index in [4.69, 9.17) is 0 Å². The summed E-state index contributed by atoms with van der Waals surface area (Å²) in [5.41, 5.74) is 4.35. The van der Waals surface area contributed by atoms with E-state index >= 15 is 0 Å². The number of benzene rings is 2. The van der Waals surface area contributed by atoms with E-state index in [9.17, 15) is 0 Å². The van der Waals surface area contributed by atoms with Crippen molar-refractivity contribution in [1.82, 2.24) is 0 Å². The zero-order chi connectivity index (χ0) is 12.8. The number of allylic oxidation sites excluding steroid dienone is 1. The maximum Gasteiger partial charge on any atom is 0.0386 e. The summed E-state index contributed by atoms with van der Waals surface area (Å²) in [4.78, 5) is 0. The monoisotopic (exact) mass is 235 g/mol. The van der Waals surface area contributed by atoms with Crippen molar-refractivity contribution >= 4 is 11.8 Å². The van der Waals surface area contributed by atoms with Gasteiger partial charge in [-0.3, -0.25) is 0 Å². The van der Waals surface area contributed by atoms with Crippen molar-refractivity contribution < 1.29 is 0 Å². The first-order valence-electron chi connectivity index (χ1n) is 6.00. The average Bonchev–Trinajstić information content (AvgIpc) is 2.38. The smallest absolute Gasteiger partial charge is 0.0386 e. The van der Waals surface area contributed by atoms with E-state index in [1.807, 2.05) is 42.5 Å². The molecule has 0 saturated carbocycles. The van der Waals surface area contributed by atoms with Crippen LogP contribution in [0.25, 0.3) is 6.08 Å². The second kappa shape index (κ2) is 5.87. The molecule has 0 atom stereocenters. The third-order valence-electron chi connectivity index (χ3n) is 2.60. The van der Waals surface area contributed by atoms with Gasteiger partial charge in [0.15, 0.2) is 0 Å². The lowest BCUT2D eigenvalue weighted by Gasteiger charge is -2.06. The van der Waals surface area contributed by atoms with E-state index in [1.54, 1.807) is 0 Å². The Morgan fingerprint density at radius 1 is 1.06 bits per heavy atom. The molecule has 0 saturated heterocycles. The second-order valence-corrected chi connectivity index (χ2v) is 4.26. The standard InChI is InChI=1S/C17H17N/c1-14-7-6-10-17(13-14)18-15(2)11-12-16-8-4-3-5-9-16/h3-13,18H,2H2,1H3/b12-11+. The summed E-state index contributed by atoms with van der Waals surface area (Å²) in [5, 5.41) is 3.27. The molecule has 0 unspecified atom stereocenters. The molecule has 0 spiro atoms. The minimum Gasteiger partial charge on any atom is -0.356 e. The van der Waals surface area contributed by atoms with Crippen molar-refractivity contribution in [3.05, 3.63) is 84.1 Å². The largest absolute Gasteiger partial charge is 0.356 e. The molecule has 0 bridgehead atoms. The molecular formula is C17H17N. The first-order chi connectivity index (χ1) is 8.74. The van der Waals surface area contributed by atoms with Crippen LogP contribution in [0.15, 0.2) is 72.9 Å². The predicted molar refractivity (Wildman–Crippen MR) is 79.4 cm³/mol. The van der Waals surface area contributed by atoms with E-state index in [0.717, 1.165) is 11.4 Å². The van der Waals surface area contributed by atoms with Crippen molar-refractivity contribution in [2.24, 2.45) is 0 Å². The van der Waals surface area contributed by atoms with Crippen LogP contribution in [0.5, 0.6) is 0 Å². The lowest BCUT2D eigenvalue weighted by molar-refractivity contribution is 1.43. The van der Waals surface area contributed by atoms with Crippen LogP contribution in [0.1, 0.15) is 11.1 Å². The van der Waals surface area contributed by atoms with Crippen molar-refractivity contribution in [1.29, 1.82) is 0 Å². The first-order valence-corrected chi connectivity index (χ1v) is 6.00. The summed E-state index contributed by atoms with van der Waals surface area (Å²) in [6.45, 7) is 6.07. The summed E-state index contributed by atoms with van der Waals surface area (Å²) in [5.74, 6) is 0. The van der Waals surface area contributed by atoms with E-state index < -0.39 is 0 Å². The molecule has 1 nitrogen and oxygen atoms in total. The van der Waals surface area contributed by atoms with Crippen molar-refractivity contribution in [3.63, 3.8) is 0 Å². The summed E-state index contributed by atoms with van der Waals surface area (Å²) in [7, 11) is 0. The highest BCUT2D eigenvalue weighted by molar-refractivity contribution is 5.57. The van der Waals surface area contributed by atoms with Crippen molar-refractivity contribution in [2.45, 2.75) is 6.92 Å². The van der Waals surface area contributed by atoms with E-state index in [2.05, 4.69) is 43.1 Å². The zero-order valence-electron chi connectivity index (χ0n) is 10.6. The molecule has 0 aromatic heterocycles. The zero-order valence-corrected chi connectivity index (χ0v) is 10.6. The van der Waals surface area contributed by atoms with Crippen LogP contribution >= 0.6 is 0 Å². The van der Waals surface area contributed by atoms with E-state index in [1.165, 1.54) is 11.1 Å². The van der Waals surface area contributed by atoms with Gasteiger partial charge in [-0.25, -0.2) is 0 Å².